The molecule has 0 aliphatic heterocycles. The van der Waals surface area contributed by atoms with Gasteiger partial charge in [0.15, 0.2) is 0 Å². The van der Waals surface area contributed by atoms with Crippen molar-refractivity contribution in [2.45, 2.75) is 25.9 Å². The van der Waals surface area contributed by atoms with Crippen molar-refractivity contribution in [2.75, 3.05) is 0 Å². The fraction of sp³-hybridized carbons (Fsp3) is 0.0541. The number of halogens is 2. The van der Waals surface area contributed by atoms with Gasteiger partial charge in [0.2, 0.25) is 0 Å². The summed E-state index contributed by atoms with van der Waals surface area (Å²) in [6, 6.07) is 102. The second-order valence-electron chi connectivity index (χ2n) is 20.1. The van der Waals surface area contributed by atoms with E-state index in [0.29, 0.717) is 0 Å². The molecule has 0 bridgehead atoms. The molecule has 0 heterocycles. The van der Waals surface area contributed by atoms with Crippen LogP contribution in [0, 0.1) is 0 Å². The van der Waals surface area contributed by atoms with E-state index in [9.17, 15) is 0 Å². The van der Waals surface area contributed by atoms with Crippen LogP contribution >= 0.6 is 0 Å². The van der Waals surface area contributed by atoms with Crippen molar-refractivity contribution < 1.29 is 48.1 Å². The van der Waals surface area contributed by atoms with Crippen LogP contribution in [0.3, 0.4) is 0 Å². The summed E-state index contributed by atoms with van der Waals surface area (Å²) in [5, 5.41) is 15.6. The second-order valence-corrected chi connectivity index (χ2v) is 29.5. The first-order valence-electron chi connectivity index (χ1n) is 26.4. The second kappa shape index (κ2) is 24.5. The molecule has 0 unspecified atom stereocenters. The van der Waals surface area contributed by atoms with Gasteiger partial charge in [-0.2, -0.15) is 12.1 Å². The van der Waals surface area contributed by atoms with Crippen molar-refractivity contribution in [2.24, 2.45) is 0 Å². The zero-order chi connectivity index (χ0) is 51.4. The van der Waals surface area contributed by atoms with E-state index in [1.165, 1.54) is 131 Å². The van der Waals surface area contributed by atoms with E-state index in [0.717, 1.165) is 12.8 Å². The number of benzene rings is 12. The first kappa shape index (κ1) is 54.0. The third-order valence-corrected chi connectivity index (χ3v) is 14.7. The van der Waals surface area contributed by atoms with Gasteiger partial charge in [-0.05, 0) is 78.2 Å². The van der Waals surface area contributed by atoms with E-state index in [1.807, 2.05) is 0 Å². The summed E-state index contributed by atoms with van der Waals surface area (Å²) in [7, 11) is 0. The molecule has 0 atom stereocenters. The van der Waals surface area contributed by atoms with Crippen molar-refractivity contribution >= 4 is 70.1 Å². The van der Waals surface area contributed by atoms with Crippen molar-refractivity contribution in [1.29, 1.82) is 0 Å². The molecule has 0 saturated heterocycles. The summed E-state index contributed by atoms with van der Waals surface area (Å²) < 4.78 is 0. The maximum Gasteiger partial charge on any atom is -0.0114 e. The molecule has 0 spiro atoms. The molecule has 14 aromatic rings. The molecule has 0 nitrogen and oxygen atoms in total. The average molecular weight is 1140 g/mol. The Morgan fingerprint density at radius 2 is 0.526 bits per heavy atom. The van der Waals surface area contributed by atoms with Gasteiger partial charge >= 0.3 is 41.9 Å². The Morgan fingerprint density at radius 1 is 0.282 bits per heavy atom. The van der Waals surface area contributed by atoms with Gasteiger partial charge in [0.25, 0.3) is 0 Å². The Kier molecular flexibility index (Phi) is 16.9. The van der Waals surface area contributed by atoms with Crippen molar-refractivity contribution in [1.82, 2.24) is 0 Å². The smallest absolute Gasteiger partial charge is 0.0114 e. The molecule has 0 N–H and O–H groups in total. The first-order chi connectivity index (χ1) is 37.4. The van der Waals surface area contributed by atoms with E-state index in [-0.39, 0.29) is 30.2 Å². The Hall–Kier alpha value is -7.42. The van der Waals surface area contributed by atoms with Crippen molar-refractivity contribution in [3.05, 3.63) is 301 Å². The summed E-state index contributed by atoms with van der Waals surface area (Å²) in [5.74, 6) is 0. The summed E-state index contributed by atoms with van der Waals surface area (Å²) in [4.78, 5) is 0. The molecule has 376 valence electrons. The van der Waals surface area contributed by atoms with Gasteiger partial charge in [-0.25, -0.2) is 0 Å². The SMILES string of the molecule is C[Si](C)=[Zr+2].[Cl-].[Cl-].c1ccc(Cc2cc3c(-c4cccc5ccccc45)ccc(-c4cccc5ccccc45)c3[cH-]2)cc1.c1ccc(Cc2cc3c(-c4cccc5ccccc45)ccc(-c4cccc5ccccc45)c3[cH-]2)cc1. The Bertz CT molecular complexity index is 3860. The molecule has 0 aliphatic rings. The minimum Gasteiger partial charge on any atom is -1.00 e. The van der Waals surface area contributed by atoms with Crippen LogP contribution in [0.1, 0.15) is 22.3 Å². The molecule has 78 heavy (non-hydrogen) atoms. The monoisotopic (exact) mass is 1130 g/mol. The predicted molar refractivity (Wildman–Crippen MR) is 327 cm³/mol. The molecule has 0 radical (unpaired) electrons. The number of hydrogen-bond donors (Lipinski definition) is 0. The Balaban J connectivity index is 0.000000161. The molecule has 0 aliphatic carbocycles. The van der Waals surface area contributed by atoms with Crippen LogP contribution in [-0.2, 0) is 36.2 Å². The molecule has 0 aromatic heterocycles. The minimum atomic E-state index is 0. The van der Waals surface area contributed by atoms with Crippen molar-refractivity contribution in [3.63, 3.8) is 0 Å². The van der Waals surface area contributed by atoms with Gasteiger partial charge < -0.3 is 24.8 Å². The molecule has 4 heteroatoms. The van der Waals surface area contributed by atoms with E-state index in [2.05, 4.69) is 292 Å². The largest absolute Gasteiger partial charge is 1.00 e. The van der Waals surface area contributed by atoms with Crippen LogP contribution in [0.25, 0.3) is 109 Å². The summed E-state index contributed by atoms with van der Waals surface area (Å²) in [5.41, 5.74) is 15.9. The predicted octanol–water partition coefficient (Wildman–Crippen LogP) is 14.4. The Labute approximate surface area is 486 Å². The van der Waals surface area contributed by atoms with Crippen LogP contribution < -0.4 is 24.8 Å². The molecule has 0 amide bonds. The van der Waals surface area contributed by atoms with Crippen LogP contribution in [0.5, 0.6) is 0 Å². The molecular weight excluding hydrogens is 1080 g/mol. The fourth-order valence-electron chi connectivity index (χ4n) is 11.4. The summed E-state index contributed by atoms with van der Waals surface area (Å²) in [6.45, 7) is 4.62. The number of rotatable bonds is 8. The molecule has 14 rings (SSSR count). The van der Waals surface area contributed by atoms with Gasteiger partial charge in [-0.1, -0.05) is 288 Å². The molecular formula is C74H56Cl2SiZr-2. The molecule has 0 saturated carbocycles. The average Bonchev–Trinajstić information content (AvgIpc) is 4.27. The summed E-state index contributed by atoms with van der Waals surface area (Å²) in [6.07, 6.45) is 1.86. The standard InChI is InChI=1S/2C36H25.C2H6Si.2ClH.Zr/c2*1-2-10-25(11-3-1)22-26-23-35-33(31-18-8-14-27-12-4-6-16-29(27)31)20-21-34(36(35)24-26)32-19-9-15-28-13-5-7-17-30(28)32;1-3-2;;;/h2*1-21,23-24H,22H2;1-2H3;2*1H;/q2*-1;;;;+2/p-2. The van der Waals surface area contributed by atoms with Crippen LogP contribution in [-0.4, -0.2) is 5.43 Å². The zero-order valence-electron chi connectivity index (χ0n) is 43.7. The maximum atomic E-state index is 2.41. The van der Waals surface area contributed by atoms with Gasteiger partial charge in [0.05, 0.1) is 0 Å². The summed E-state index contributed by atoms with van der Waals surface area (Å²) >= 11 is 1.74. The van der Waals surface area contributed by atoms with E-state index in [4.69, 9.17) is 0 Å². The Morgan fingerprint density at radius 3 is 0.846 bits per heavy atom. The fourth-order valence-corrected chi connectivity index (χ4v) is 11.4. The molecule has 14 aromatic carbocycles. The van der Waals surface area contributed by atoms with Gasteiger partial charge in [0.1, 0.15) is 0 Å². The minimum absolute atomic E-state index is 0. The van der Waals surface area contributed by atoms with Crippen molar-refractivity contribution in [3.8, 4) is 44.5 Å². The van der Waals surface area contributed by atoms with Gasteiger partial charge in [0, 0.05) is 0 Å². The third kappa shape index (κ3) is 11.3. The van der Waals surface area contributed by atoms with E-state index < -0.39 is 0 Å². The van der Waals surface area contributed by atoms with E-state index in [1.54, 1.807) is 23.3 Å². The maximum absolute atomic E-state index is 2.41. The first-order valence-corrected chi connectivity index (χ1v) is 32.6. The quantitative estimate of drug-likeness (QED) is 0.105. The van der Waals surface area contributed by atoms with Gasteiger partial charge in [-0.15, -0.1) is 44.8 Å². The van der Waals surface area contributed by atoms with E-state index >= 15 is 0 Å². The van der Waals surface area contributed by atoms with Crippen LogP contribution in [0.4, 0.5) is 0 Å². The topological polar surface area (TPSA) is 0 Å². The molecule has 0 fully saturated rings. The zero-order valence-corrected chi connectivity index (χ0v) is 48.7. The third-order valence-electron chi connectivity index (χ3n) is 14.7. The van der Waals surface area contributed by atoms with Crippen LogP contribution in [0.15, 0.2) is 279 Å². The van der Waals surface area contributed by atoms with Crippen LogP contribution in [0.2, 0.25) is 13.1 Å². The normalized spacial score (nSPS) is 10.9. The van der Waals surface area contributed by atoms with Gasteiger partial charge in [-0.3, -0.25) is 0 Å². The number of hydrogen-bond acceptors (Lipinski definition) is 0. The number of fused-ring (bicyclic) bond motifs is 6.